The summed E-state index contributed by atoms with van der Waals surface area (Å²) in [6, 6.07) is 9.61. The van der Waals surface area contributed by atoms with Crippen LogP contribution in [0.4, 0.5) is 0 Å². The van der Waals surface area contributed by atoms with E-state index in [0.717, 1.165) is 10.3 Å². The van der Waals surface area contributed by atoms with Gasteiger partial charge in [-0.15, -0.1) is 0 Å². The van der Waals surface area contributed by atoms with Crippen LogP contribution in [0, 0.1) is 10.8 Å². The van der Waals surface area contributed by atoms with Gasteiger partial charge in [0.25, 0.3) is 0 Å². The molecular formula is C13H16NO3+. The van der Waals surface area contributed by atoms with Gasteiger partial charge >= 0.3 is 5.97 Å². The maximum Gasteiger partial charge on any atom is 0.309 e. The van der Waals surface area contributed by atoms with Gasteiger partial charge in [-0.1, -0.05) is 30.3 Å². The third kappa shape index (κ3) is 3.37. The summed E-state index contributed by atoms with van der Waals surface area (Å²) in [4.78, 5) is 22.7. The summed E-state index contributed by atoms with van der Waals surface area (Å²) in [5.74, 6) is -0.286. The van der Waals surface area contributed by atoms with Crippen LogP contribution in [0.1, 0.15) is 18.4 Å². The van der Waals surface area contributed by atoms with E-state index < -0.39 is 0 Å². The van der Waals surface area contributed by atoms with Gasteiger partial charge in [-0.05, 0) is 10.3 Å². The van der Waals surface area contributed by atoms with Crippen molar-refractivity contribution in [2.24, 2.45) is 5.92 Å². The summed E-state index contributed by atoms with van der Waals surface area (Å²) >= 11 is 0. The molecular weight excluding hydrogens is 218 g/mol. The van der Waals surface area contributed by atoms with Gasteiger partial charge in [0, 0.05) is 17.7 Å². The SMILES string of the molecule is O=C(OCc1ccccc1)C1CC[N+](=O)CC1. The second-order valence-electron chi connectivity index (χ2n) is 4.30. The Kier molecular flexibility index (Phi) is 3.85. The van der Waals surface area contributed by atoms with E-state index in [1.165, 1.54) is 0 Å². The van der Waals surface area contributed by atoms with Crippen molar-refractivity contribution in [2.45, 2.75) is 19.4 Å². The first-order valence-corrected chi connectivity index (χ1v) is 5.88. The Balaban J connectivity index is 1.80. The van der Waals surface area contributed by atoms with E-state index in [4.69, 9.17) is 4.74 Å². The Labute approximate surface area is 100 Å². The van der Waals surface area contributed by atoms with Crippen molar-refractivity contribution in [2.75, 3.05) is 13.1 Å². The highest BCUT2D eigenvalue weighted by atomic mass is 16.5. The fourth-order valence-corrected chi connectivity index (χ4v) is 1.94. The van der Waals surface area contributed by atoms with Gasteiger partial charge in [-0.25, -0.2) is 0 Å². The lowest BCUT2D eigenvalue weighted by Gasteiger charge is -2.15. The monoisotopic (exact) mass is 234 g/mol. The van der Waals surface area contributed by atoms with Crippen molar-refractivity contribution in [3.05, 3.63) is 40.8 Å². The number of nitrogens with zero attached hydrogens (tertiary/aromatic N) is 1. The summed E-state index contributed by atoms with van der Waals surface area (Å²) in [7, 11) is 0. The first kappa shape index (κ1) is 11.8. The molecule has 1 fully saturated rings. The molecule has 0 atom stereocenters. The van der Waals surface area contributed by atoms with Crippen molar-refractivity contribution in [3.63, 3.8) is 0 Å². The minimum atomic E-state index is -0.179. The first-order valence-electron chi connectivity index (χ1n) is 5.88. The van der Waals surface area contributed by atoms with Crippen LogP contribution in [-0.4, -0.2) is 23.8 Å². The zero-order valence-electron chi connectivity index (χ0n) is 9.67. The highest BCUT2D eigenvalue weighted by molar-refractivity contribution is 5.72. The Morgan fingerprint density at radius 2 is 1.88 bits per heavy atom. The number of piperidine rings is 1. The molecule has 4 nitrogen and oxygen atoms in total. The summed E-state index contributed by atoms with van der Waals surface area (Å²) in [6.07, 6.45) is 1.22. The standard InChI is InChI=1S/C13H16NO3/c15-13(12-6-8-14(16)9-7-12)17-10-11-4-2-1-3-5-11/h1-5,12H,6-10H2/q+1. The Hall–Kier alpha value is -1.71. The number of hydrogen-bond acceptors (Lipinski definition) is 3. The summed E-state index contributed by atoms with van der Waals surface area (Å²) < 4.78 is 6.24. The Bertz CT molecular complexity index is 392. The second-order valence-corrected chi connectivity index (χ2v) is 4.30. The number of ether oxygens (including phenoxy) is 1. The molecule has 17 heavy (non-hydrogen) atoms. The second kappa shape index (κ2) is 5.57. The smallest absolute Gasteiger partial charge is 0.309 e. The van der Waals surface area contributed by atoms with Crippen LogP contribution < -0.4 is 0 Å². The van der Waals surface area contributed by atoms with Gasteiger partial charge in [0.15, 0.2) is 13.1 Å². The van der Waals surface area contributed by atoms with Crippen LogP contribution in [0.2, 0.25) is 0 Å². The van der Waals surface area contributed by atoms with Gasteiger partial charge in [0.1, 0.15) is 6.61 Å². The lowest BCUT2D eigenvalue weighted by Crippen LogP contribution is -2.30. The zero-order chi connectivity index (χ0) is 12.1. The molecule has 0 aliphatic carbocycles. The number of carbonyl (C=O) groups excluding carboxylic acids is 1. The molecule has 0 amide bonds. The highest BCUT2D eigenvalue weighted by Crippen LogP contribution is 2.16. The summed E-state index contributed by atoms with van der Waals surface area (Å²) in [5.41, 5.74) is 0.988. The van der Waals surface area contributed by atoms with Crippen molar-refractivity contribution >= 4 is 5.97 Å². The fourth-order valence-electron chi connectivity index (χ4n) is 1.94. The van der Waals surface area contributed by atoms with E-state index in [0.29, 0.717) is 32.5 Å². The first-order chi connectivity index (χ1) is 8.25. The number of rotatable bonds is 3. The summed E-state index contributed by atoms with van der Waals surface area (Å²) in [6.45, 7) is 1.19. The molecule has 4 heteroatoms. The number of hydrogen-bond donors (Lipinski definition) is 0. The van der Waals surface area contributed by atoms with Crippen LogP contribution in [0.5, 0.6) is 0 Å². The summed E-state index contributed by atoms with van der Waals surface area (Å²) in [5, 5.41) is 0. The lowest BCUT2D eigenvalue weighted by molar-refractivity contribution is -0.560. The molecule has 0 radical (unpaired) electrons. The average Bonchev–Trinajstić information content (AvgIpc) is 2.38. The van der Waals surface area contributed by atoms with Crippen LogP contribution in [-0.2, 0) is 16.1 Å². The molecule has 1 aliphatic heterocycles. The lowest BCUT2D eigenvalue weighted by atomic mass is 9.98. The minimum absolute atomic E-state index is 0.107. The number of carbonyl (C=O) groups is 1. The third-order valence-corrected chi connectivity index (χ3v) is 3.01. The van der Waals surface area contributed by atoms with E-state index in [2.05, 4.69) is 0 Å². The number of esters is 1. The predicted octanol–water partition coefficient (Wildman–Crippen LogP) is 1.92. The normalized spacial score (nSPS) is 16.8. The molecule has 1 aromatic carbocycles. The molecule has 2 rings (SSSR count). The highest BCUT2D eigenvalue weighted by Gasteiger charge is 2.29. The van der Waals surface area contributed by atoms with E-state index in [1.54, 1.807) is 0 Å². The van der Waals surface area contributed by atoms with E-state index in [-0.39, 0.29) is 11.9 Å². The predicted molar refractivity (Wildman–Crippen MR) is 62.3 cm³/mol. The molecule has 90 valence electrons. The molecule has 1 heterocycles. The molecule has 0 saturated carbocycles. The van der Waals surface area contributed by atoms with Gasteiger partial charge in [0.05, 0.1) is 5.92 Å². The van der Waals surface area contributed by atoms with Crippen LogP contribution in [0.3, 0.4) is 0 Å². The molecule has 1 aliphatic rings. The van der Waals surface area contributed by atoms with Crippen LogP contribution in [0.15, 0.2) is 30.3 Å². The Morgan fingerprint density at radius 3 is 2.53 bits per heavy atom. The molecule has 1 saturated heterocycles. The maximum absolute atomic E-state index is 11.7. The third-order valence-electron chi connectivity index (χ3n) is 3.01. The van der Waals surface area contributed by atoms with Crippen molar-refractivity contribution < 1.29 is 14.3 Å². The number of nitroso groups, excluding NO2 is 1. The van der Waals surface area contributed by atoms with Crippen molar-refractivity contribution in [1.29, 1.82) is 0 Å². The molecule has 0 unspecified atom stereocenters. The van der Waals surface area contributed by atoms with Gasteiger partial charge < -0.3 is 4.74 Å². The largest absolute Gasteiger partial charge is 0.461 e. The minimum Gasteiger partial charge on any atom is -0.461 e. The molecule has 0 N–H and O–H groups in total. The van der Waals surface area contributed by atoms with E-state index >= 15 is 0 Å². The topological polar surface area (TPSA) is 46.4 Å². The van der Waals surface area contributed by atoms with Crippen molar-refractivity contribution in [1.82, 2.24) is 0 Å². The van der Waals surface area contributed by atoms with E-state index in [9.17, 15) is 9.70 Å². The molecule has 0 aromatic heterocycles. The van der Waals surface area contributed by atoms with Crippen molar-refractivity contribution in [3.8, 4) is 0 Å². The van der Waals surface area contributed by atoms with E-state index in [1.807, 2.05) is 30.3 Å². The van der Waals surface area contributed by atoms with Crippen LogP contribution in [0.25, 0.3) is 0 Å². The van der Waals surface area contributed by atoms with Gasteiger partial charge in [0.2, 0.25) is 0 Å². The van der Waals surface area contributed by atoms with Gasteiger partial charge in [-0.2, -0.15) is 0 Å². The molecule has 0 bridgehead atoms. The molecule has 1 aromatic rings. The van der Waals surface area contributed by atoms with Gasteiger partial charge in [-0.3, -0.25) is 4.79 Å². The average molecular weight is 234 g/mol. The fraction of sp³-hybridized carbons (Fsp3) is 0.462. The Morgan fingerprint density at radius 1 is 1.24 bits per heavy atom. The number of benzene rings is 1. The quantitative estimate of drug-likeness (QED) is 0.593. The zero-order valence-corrected chi connectivity index (χ0v) is 9.67. The molecule has 0 spiro atoms. The van der Waals surface area contributed by atoms with Crippen LogP contribution >= 0.6 is 0 Å². The maximum atomic E-state index is 11.7.